The maximum atomic E-state index is 13.2. The van der Waals surface area contributed by atoms with Crippen molar-refractivity contribution in [1.82, 2.24) is 14.5 Å². The Kier molecular flexibility index (Phi) is 9.16. The molecule has 2 atom stereocenters. The Morgan fingerprint density at radius 3 is 2.58 bits per heavy atom. The first-order valence-electron chi connectivity index (χ1n) is 10.3. The summed E-state index contributed by atoms with van der Waals surface area (Å²) in [4.78, 5) is 19.9. The summed E-state index contributed by atoms with van der Waals surface area (Å²) in [5.74, 6) is 1.62. The van der Waals surface area contributed by atoms with Crippen molar-refractivity contribution < 1.29 is 9.53 Å². The highest BCUT2D eigenvalue weighted by atomic mass is 35.5. The Morgan fingerprint density at radius 1 is 1.13 bits per heavy atom. The molecule has 2 aromatic carbocycles. The summed E-state index contributed by atoms with van der Waals surface area (Å²) in [7, 11) is 0. The Morgan fingerprint density at radius 2 is 1.84 bits per heavy atom. The number of hydrogen-bond donors (Lipinski definition) is 1. The van der Waals surface area contributed by atoms with Crippen LogP contribution in [0.15, 0.2) is 54.6 Å². The molecule has 0 aliphatic carbocycles. The molecular formula is C23H30Cl2N4O2. The molecule has 0 radical (unpaired) electrons. The molecule has 2 unspecified atom stereocenters. The van der Waals surface area contributed by atoms with Gasteiger partial charge in [0, 0.05) is 18.6 Å². The molecule has 4 rings (SSSR count). The molecule has 2 heterocycles. The average molecular weight is 465 g/mol. The highest BCUT2D eigenvalue weighted by Crippen LogP contribution is 2.22. The zero-order valence-corrected chi connectivity index (χ0v) is 19.3. The number of piperidine rings is 1. The molecule has 6 nitrogen and oxygen atoms in total. The van der Waals surface area contributed by atoms with Crippen molar-refractivity contribution in [3.8, 4) is 5.75 Å². The lowest BCUT2D eigenvalue weighted by Crippen LogP contribution is -2.52. The Balaban J connectivity index is 0.00000171. The van der Waals surface area contributed by atoms with Gasteiger partial charge in [-0.15, -0.1) is 24.8 Å². The van der Waals surface area contributed by atoms with Gasteiger partial charge in [-0.3, -0.25) is 4.79 Å². The number of ether oxygens (including phenoxy) is 1. The largest absolute Gasteiger partial charge is 0.486 e. The minimum absolute atomic E-state index is 0. The molecule has 1 aliphatic heterocycles. The van der Waals surface area contributed by atoms with Gasteiger partial charge >= 0.3 is 0 Å². The third kappa shape index (κ3) is 5.70. The summed E-state index contributed by atoms with van der Waals surface area (Å²) in [6, 6.07) is 17.6. The number of likely N-dealkylation sites (tertiary alicyclic amines) is 1. The molecule has 31 heavy (non-hydrogen) atoms. The van der Waals surface area contributed by atoms with Crippen molar-refractivity contribution in [3.63, 3.8) is 0 Å². The summed E-state index contributed by atoms with van der Waals surface area (Å²) in [5, 5.41) is 0. The first-order valence-corrected chi connectivity index (χ1v) is 10.3. The van der Waals surface area contributed by atoms with E-state index in [0.29, 0.717) is 6.61 Å². The van der Waals surface area contributed by atoms with Gasteiger partial charge in [0.15, 0.2) is 0 Å². The lowest BCUT2D eigenvalue weighted by Gasteiger charge is -2.38. The van der Waals surface area contributed by atoms with E-state index >= 15 is 0 Å². The molecule has 1 aromatic heterocycles. The molecule has 3 aromatic rings. The van der Waals surface area contributed by atoms with Gasteiger partial charge < -0.3 is 19.9 Å². The van der Waals surface area contributed by atoms with Crippen molar-refractivity contribution in [3.05, 3.63) is 60.4 Å². The van der Waals surface area contributed by atoms with Gasteiger partial charge in [0.2, 0.25) is 5.91 Å². The predicted octanol–water partition coefficient (Wildman–Crippen LogP) is 4.19. The first kappa shape index (κ1) is 25.0. The topological polar surface area (TPSA) is 73.4 Å². The summed E-state index contributed by atoms with van der Waals surface area (Å²) in [6.07, 6.45) is 3.13. The van der Waals surface area contributed by atoms with Gasteiger partial charge in [-0.2, -0.15) is 0 Å². The molecule has 168 valence electrons. The van der Waals surface area contributed by atoms with E-state index < -0.39 is 0 Å². The number of nitrogens with two attached hydrogens (primary N) is 1. The third-order valence-electron chi connectivity index (χ3n) is 5.61. The van der Waals surface area contributed by atoms with E-state index in [1.54, 1.807) is 0 Å². The van der Waals surface area contributed by atoms with Gasteiger partial charge in [-0.05, 0) is 50.5 Å². The van der Waals surface area contributed by atoms with E-state index in [0.717, 1.165) is 48.4 Å². The molecule has 0 spiro atoms. The maximum Gasteiger partial charge on any atom is 0.242 e. The second-order valence-corrected chi connectivity index (χ2v) is 7.71. The molecule has 1 fully saturated rings. The molecule has 1 saturated heterocycles. The lowest BCUT2D eigenvalue weighted by molar-refractivity contribution is -0.136. The number of amides is 1. The number of carbonyl (C=O) groups is 1. The average Bonchev–Trinajstić information content (AvgIpc) is 3.10. The third-order valence-corrected chi connectivity index (χ3v) is 5.61. The number of para-hydroxylation sites is 3. The minimum atomic E-state index is -0.0281. The van der Waals surface area contributed by atoms with Crippen molar-refractivity contribution in [2.75, 3.05) is 6.54 Å². The number of imidazole rings is 1. The first-order chi connectivity index (χ1) is 14.1. The van der Waals surface area contributed by atoms with Crippen molar-refractivity contribution in [2.45, 2.75) is 51.4 Å². The fourth-order valence-corrected chi connectivity index (χ4v) is 4.12. The smallest absolute Gasteiger partial charge is 0.242 e. The van der Waals surface area contributed by atoms with Crippen LogP contribution >= 0.6 is 24.8 Å². The molecule has 1 amide bonds. The van der Waals surface area contributed by atoms with Crippen LogP contribution in [0.5, 0.6) is 5.75 Å². The van der Waals surface area contributed by atoms with E-state index in [1.165, 1.54) is 0 Å². The fourth-order valence-electron chi connectivity index (χ4n) is 4.12. The zero-order chi connectivity index (χ0) is 20.2. The van der Waals surface area contributed by atoms with Crippen LogP contribution in [0.2, 0.25) is 0 Å². The number of halogens is 2. The van der Waals surface area contributed by atoms with Crippen LogP contribution in [0.1, 0.15) is 32.0 Å². The maximum absolute atomic E-state index is 13.2. The van der Waals surface area contributed by atoms with Crippen molar-refractivity contribution in [1.29, 1.82) is 0 Å². The number of hydrogen-bond acceptors (Lipinski definition) is 4. The second-order valence-electron chi connectivity index (χ2n) is 7.71. The molecule has 8 heteroatoms. The number of benzene rings is 2. The van der Waals surface area contributed by atoms with Crippen LogP contribution in [-0.4, -0.2) is 39.0 Å². The number of rotatable bonds is 6. The Hall–Kier alpha value is -2.28. The zero-order valence-electron chi connectivity index (χ0n) is 17.6. The van der Waals surface area contributed by atoms with Gasteiger partial charge in [-0.25, -0.2) is 4.98 Å². The van der Waals surface area contributed by atoms with Gasteiger partial charge in [-0.1, -0.05) is 30.3 Å². The summed E-state index contributed by atoms with van der Waals surface area (Å²) in [6.45, 7) is 3.31. The van der Waals surface area contributed by atoms with Crippen LogP contribution in [0.25, 0.3) is 11.0 Å². The van der Waals surface area contributed by atoms with Crippen molar-refractivity contribution in [2.24, 2.45) is 5.73 Å². The van der Waals surface area contributed by atoms with E-state index in [1.807, 2.05) is 71.0 Å². The second kappa shape index (κ2) is 11.4. The van der Waals surface area contributed by atoms with Gasteiger partial charge in [0.05, 0.1) is 11.0 Å². The highest BCUT2D eigenvalue weighted by Gasteiger charge is 2.29. The normalized spacial score (nSPS) is 16.8. The van der Waals surface area contributed by atoms with Crippen LogP contribution in [-0.2, 0) is 17.9 Å². The quantitative estimate of drug-likeness (QED) is 0.593. The summed E-state index contributed by atoms with van der Waals surface area (Å²) in [5.41, 5.74) is 7.98. The SMILES string of the molecule is CC(N)C1CCCCN1C(=O)Cn1c(COc2ccccc2)nc2ccccc21.Cl.Cl. The van der Waals surface area contributed by atoms with E-state index in [-0.39, 0.29) is 49.3 Å². The van der Waals surface area contributed by atoms with Crippen LogP contribution < -0.4 is 10.5 Å². The van der Waals surface area contributed by atoms with Crippen LogP contribution in [0, 0.1) is 0 Å². The number of nitrogens with zero attached hydrogens (tertiary/aromatic N) is 3. The Bertz CT molecular complexity index is 978. The number of carbonyl (C=O) groups excluding carboxylic acids is 1. The van der Waals surface area contributed by atoms with E-state index in [4.69, 9.17) is 15.5 Å². The van der Waals surface area contributed by atoms with Crippen LogP contribution in [0.4, 0.5) is 0 Å². The summed E-state index contributed by atoms with van der Waals surface area (Å²) >= 11 is 0. The molecule has 1 aliphatic rings. The molecule has 2 N–H and O–H groups in total. The molecule has 0 saturated carbocycles. The highest BCUT2D eigenvalue weighted by molar-refractivity contribution is 5.85. The number of fused-ring (bicyclic) bond motifs is 1. The monoisotopic (exact) mass is 464 g/mol. The molecular weight excluding hydrogens is 435 g/mol. The van der Waals surface area contributed by atoms with Gasteiger partial charge in [0.25, 0.3) is 0 Å². The van der Waals surface area contributed by atoms with Gasteiger partial charge in [0.1, 0.15) is 24.7 Å². The van der Waals surface area contributed by atoms with Crippen LogP contribution in [0.3, 0.4) is 0 Å². The van der Waals surface area contributed by atoms with E-state index in [2.05, 4.69) is 0 Å². The lowest BCUT2D eigenvalue weighted by atomic mass is 9.97. The standard InChI is InChI=1S/C23H28N4O2.2ClH/c1-17(24)20-12-7-8-14-26(20)23(28)15-27-21-13-6-5-11-19(21)25-22(27)16-29-18-9-3-2-4-10-18;;/h2-6,9-11,13,17,20H,7-8,12,14-16,24H2,1H3;2*1H. The Labute approximate surface area is 195 Å². The molecule has 0 bridgehead atoms. The minimum Gasteiger partial charge on any atom is -0.486 e. The van der Waals surface area contributed by atoms with E-state index in [9.17, 15) is 4.79 Å². The number of aromatic nitrogens is 2. The predicted molar refractivity (Wildman–Crippen MR) is 128 cm³/mol. The van der Waals surface area contributed by atoms with Crippen molar-refractivity contribution >= 4 is 41.8 Å². The fraction of sp³-hybridized carbons (Fsp3) is 0.391. The summed E-state index contributed by atoms with van der Waals surface area (Å²) < 4.78 is 7.90.